The summed E-state index contributed by atoms with van der Waals surface area (Å²) in [5.74, 6) is 0.814. The van der Waals surface area contributed by atoms with Gasteiger partial charge in [0.15, 0.2) is 5.82 Å². The van der Waals surface area contributed by atoms with Gasteiger partial charge in [0, 0.05) is 12.6 Å². The van der Waals surface area contributed by atoms with E-state index in [0.29, 0.717) is 5.82 Å². The van der Waals surface area contributed by atoms with Crippen molar-refractivity contribution in [3.63, 3.8) is 0 Å². The molecule has 0 saturated carbocycles. The second-order valence-corrected chi connectivity index (χ2v) is 4.24. The van der Waals surface area contributed by atoms with Crippen LogP contribution in [0.5, 0.6) is 0 Å². The fraction of sp³-hybridized carbons (Fsp3) is 0.417. The van der Waals surface area contributed by atoms with Crippen LogP contribution in [0.1, 0.15) is 32.4 Å². The molecule has 1 N–H and O–H groups in total. The van der Waals surface area contributed by atoms with E-state index in [4.69, 9.17) is 0 Å². The Morgan fingerprint density at radius 2 is 2.24 bits per heavy atom. The van der Waals surface area contributed by atoms with Crippen molar-refractivity contribution in [2.45, 2.75) is 33.2 Å². The lowest BCUT2D eigenvalue weighted by molar-refractivity contribution is 0.756. The van der Waals surface area contributed by atoms with Gasteiger partial charge < -0.3 is 9.55 Å². The summed E-state index contributed by atoms with van der Waals surface area (Å²) in [6, 6.07) is 1.54. The third-order valence-electron chi connectivity index (χ3n) is 2.65. The molecule has 0 aliphatic rings. The molecule has 2 rings (SSSR count). The van der Waals surface area contributed by atoms with E-state index in [9.17, 15) is 4.79 Å². The molecule has 2 heterocycles. The van der Waals surface area contributed by atoms with Gasteiger partial charge in [-0.15, -0.1) is 0 Å². The van der Waals surface area contributed by atoms with Crippen LogP contribution in [0.4, 0.5) is 0 Å². The molecule has 0 amide bonds. The van der Waals surface area contributed by atoms with E-state index in [1.807, 2.05) is 25.3 Å². The highest BCUT2D eigenvalue weighted by Crippen LogP contribution is 2.16. The molecule has 0 radical (unpaired) electrons. The van der Waals surface area contributed by atoms with Crippen LogP contribution in [0.15, 0.2) is 23.4 Å². The number of H-pyrrole nitrogens is 1. The van der Waals surface area contributed by atoms with Crippen molar-refractivity contribution >= 4 is 0 Å². The first-order chi connectivity index (χ1) is 8.11. The number of hydrogen-bond donors (Lipinski definition) is 1. The summed E-state index contributed by atoms with van der Waals surface area (Å²) in [6.07, 6.45) is 3.45. The summed E-state index contributed by atoms with van der Waals surface area (Å²) < 4.78 is 1.95. The molecule has 17 heavy (non-hydrogen) atoms. The van der Waals surface area contributed by atoms with Crippen LogP contribution < -0.4 is 5.56 Å². The summed E-state index contributed by atoms with van der Waals surface area (Å²) in [4.78, 5) is 22.9. The second-order valence-electron chi connectivity index (χ2n) is 4.24. The number of hydrogen-bond acceptors (Lipinski definition) is 3. The zero-order chi connectivity index (χ0) is 12.4. The average Bonchev–Trinajstić information content (AvgIpc) is 2.76. The SMILES string of the molecule is CCn1cncc1-c1nc(C(C)C)cc(=O)[nH]1. The van der Waals surface area contributed by atoms with E-state index in [1.165, 1.54) is 0 Å². The predicted octanol–water partition coefficient (Wildman–Crippen LogP) is 1.78. The van der Waals surface area contributed by atoms with Gasteiger partial charge in [-0.3, -0.25) is 4.79 Å². The van der Waals surface area contributed by atoms with Gasteiger partial charge in [-0.2, -0.15) is 0 Å². The molecule has 0 aromatic carbocycles. The number of imidazole rings is 1. The summed E-state index contributed by atoms with van der Waals surface area (Å²) in [5.41, 5.74) is 1.52. The summed E-state index contributed by atoms with van der Waals surface area (Å²) in [6.45, 7) is 6.85. The lowest BCUT2D eigenvalue weighted by atomic mass is 10.1. The molecule has 0 saturated heterocycles. The van der Waals surface area contributed by atoms with E-state index in [-0.39, 0.29) is 11.5 Å². The Morgan fingerprint density at radius 3 is 2.88 bits per heavy atom. The minimum atomic E-state index is -0.123. The topological polar surface area (TPSA) is 63.6 Å². The maximum Gasteiger partial charge on any atom is 0.251 e. The number of aromatic nitrogens is 4. The molecule has 0 aliphatic heterocycles. The number of nitrogens with zero attached hydrogens (tertiary/aromatic N) is 3. The number of nitrogens with one attached hydrogen (secondary N) is 1. The Bertz CT molecular complexity index is 568. The number of aromatic amines is 1. The normalized spacial score (nSPS) is 11.1. The summed E-state index contributed by atoms with van der Waals surface area (Å²) in [7, 11) is 0. The maximum atomic E-state index is 11.6. The van der Waals surface area contributed by atoms with Crippen molar-refractivity contribution < 1.29 is 0 Å². The van der Waals surface area contributed by atoms with Crippen molar-refractivity contribution in [1.29, 1.82) is 0 Å². The highest BCUT2D eigenvalue weighted by Gasteiger charge is 2.10. The zero-order valence-electron chi connectivity index (χ0n) is 10.3. The summed E-state index contributed by atoms with van der Waals surface area (Å²) in [5, 5.41) is 0. The molecule has 0 bridgehead atoms. The van der Waals surface area contributed by atoms with Gasteiger partial charge in [0.05, 0.1) is 18.2 Å². The van der Waals surface area contributed by atoms with Gasteiger partial charge in [-0.25, -0.2) is 9.97 Å². The Morgan fingerprint density at radius 1 is 1.47 bits per heavy atom. The van der Waals surface area contributed by atoms with Crippen molar-refractivity contribution in [3.8, 4) is 11.5 Å². The Hall–Kier alpha value is -1.91. The van der Waals surface area contributed by atoms with Gasteiger partial charge in [-0.1, -0.05) is 13.8 Å². The van der Waals surface area contributed by atoms with Crippen LogP contribution in [0.3, 0.4) is 0 Å². The average molecular weight is 232 g/mol. The van der Waals surface area contributed by atoms with E-state index in [2.05, 4.69) is 15.0 Å². The van der Waals surface area contributed by atoms with Gasteiger partial charge in [0.25, 0.3) is 5.56 Å². The quantitative estimate of drug-likeness (QED) is 0.877. The summed E-state index contributed by atoms with van der Waals surface area (Å²) >= 11 is 0. The van der Waals surface area contributed by atoms with Crippen molar-refractivity contribution in [2.75, 3.05) is 0 Å². The third kappa shape index (κ3) is 2.27. The molecule has 5 heteroatoms. The minimum Gasteiger partial charge on any atom is -0.328 e. The second kappa shape index (κ2) is 4.53. The molecule has 0 aliphatic carbocycles. The number of aryl methyl sites for hydroxylation is 1. The molecule has 2 aromatic heterocycles. The highest BCUT2D eigenvalue weighted by molar-refractivity contribution is 5.48. The van der Waals surface area contributed by atoms with Gasteiger partial charge in [-0.05, 0) is 12.8 Å². The molecule has 0 spiro atoms. The van der Waals surface area contributed by atoms with E-state index in [0.717, 1.165) is 17.9 Å². The van der Waals surface area contributed by atoms with Gasteiger partial charge in [0.2, 0.25) is 0 Å². The zero-order valence-corrected chi connectivity index (χ0v) is 10.3. The van der Waals surface area contributed by atoms with E-state index >= 15 is 0 Å². The lowest BCUT2D eigenvalue weighted by Crippen LogP contribution is -2.12. The standard InChI is InChI=1S/C12H16N4O/c1-4-16-7-13-6-10(16)12-14-9(8(2)3)5-11(17)15-12/h5-8H,4H2,1-3H3,(H,14,15,17). The first-order valence-electron chi connectivity index (χ1n) is 5.73. The van der Waals surface area contributed by atoms with Crippen LogP contribution in [-0.2, 0) is 6.54 Å². The first-order valence-corrected chi connectivity index (χ1v) is 5.73. The fourth-order valence-corrected chi connectivity index (χ4v) is 1.66. The monoisotopic (exact) mass is 232 g/mol. The largest absolute Gasteiger partial charge is 0.328 e. The van der Waals surface area contributed by atoms with Crippen molar-refractivity contribution in [2.24, 2.45) is 0 Å². The minimum absolute atomic E-state index is 0.123. The molecule has 0 unspecified atom stereocenters. The fourth-order valence-electron chi connectivity index (χ4n) is 1.66. The predicted molar refractivity (Wildman–Crippen MR) is 65.8 cm³/mol. The van der Waals surface area contributed by atoms with Crippen molar-refractivity contribution in [1.82, 2.24) is 19.5 Å². The smallest absolute Gasteiger partial charge is 0.251 e. The molecular formula is C12H16N4O. The molecule has 90 valence electrons. The Balaban J connectivity index is 2.56. The van der Waals surface area contributed by atoms with Crippen LogP contribution in [0, 0.1) is 0 Å². The van der Waals surface area contributed by atoms with E-state index in [1.54, 1.807) is 18.6 Å². The lowest BCUT2D eigenvalue weighted by Gasteiger charge is -2.08. The van der Waals surface area contributed by atoms with Gasteiger partial charge in [0.1, 0.15) is 5.69 Å². The van der Waals surface area contributed by atoms with Crippen LogP contribution >= 0.6 is 0 Å². The van der Waals surface area contributed by atoms with Crippen LogP contribution in [-0.4, -0.2) is 19.5 Å². The Labute approximate surface area is 99.6 Å². The third-order valence-corrected chi connectivity index (χ3v) is 2.65. The van der Waals surface area contributed by atoms with E-state index < -0.39 is 0 Å². The maximum absolute atomic E-state index is 11.6. The Kier molecular flexibility index (Phi) is 3.08. The van der Waals surface area contributed by atoms with Crippen molar-refractivity contribution in [3.05, 3.63) is 34.6 Å². The first kappa shape index (κ1) is 11.6. The molecular weight excluding hydrogens is 216 g/mol. The molecule has 5 nitrogen and oxygen atoms in total. The van der Waals surface area contributed by atoms with Crippen LogP contribution in [0.2, 0.25) is 0 Å². The van der Waals surface area contributed by atoms with Crippen LogP contribution in [0.25, 0.3) is 11.5 Å². The molecule has 0 fully saturated rings. The number of rotatable bonds is 3. The molecule has 0 atom stereocenters. The highest BCUT2D eigenvalue weighted by atomic mass is 16.1. The van der Waals surface area contributed by atoms with Gasteiger partial charge >= 0.3 is 0 Å². The molecule has 2 aromatic rings.